The minimum absolute atomic E-state index is 0.204. The zero-order valence-corrected chi connectivity index (χ0v) is 20.1. The molecule has 0 aliphatic carbocycles. The van der Waals surface area contributed by atoms with Crippen LogP contribution in [-0.4, -0.2) is 36.9 Å². The summed E-state index contributed by atoms with van der Waals surface area (Å²) in [5.41, 5.74) is 5.13. The zero-order chi connectivity index (χ0) is 24.4. The summed E-state index contributed by atoms with van der Waals surface area (Å²) in [6.45, 7) is 4.34. The molecule has 0 saturated carbocycles. The van der Waals surface area contributed by atoms with Gasteiger partial charge in [-0.15, -0.1) is 0 Å². The molecule has 0 aromatic heterocycles. The SMILES string of the molecule is COc1ccccc1C1=C(Nc2ccc(N3CCCC3)cc2)C(=O)N(Cc2ccc(C)cc2)C1=O. The van der Waals surface area contributed by atoms with E-state index in [2.05, 4.69) is 22.3 Å². The molecule has 0 unspecified atom stereocenters. The Balaban J connectivity index is 1.49. The van der Waals surface area contributed by atoms with Crippen LogP contribution in [0.2, 0.25) is 0 Å². The van der Waals surface area contributed by atoms with Crippen molar-refractivity contribution < 1.29 is 14.3 Å². The number of benzene rings is 3. The highest BCUT2D eigenvalue weighted by Crippen LogP contribution is 2.36. The Morgan fingerprint density at radius 1 is 0.857 bits per heavy atom. The summed E-state index contributed by atoms with van der Waals surface area (Å²) in [5.74, 6) is -0.138. The van der Waals surface area contributed by atoms with Gasteiger partial charge in [-0.2, -0.15) is 0 Å². The molecule has 0 radical (unpaired) electrons. The minimum Gasteiger partial charge on any atom is -0.496 e. The van der Waals surface area contributed by atoms with Crippen LogP contribution in [-0.2, 0) is 16.1 Å². The first kappa shape index (κ1) is 22.7. The molecule has 3 aromatic rings. The van der Waals surface area contributed by atoms with Crippen molar-refractivity contribution >= 4 is 28.8 Å². The number of aryl methyl sites for hydroxylation is 1. The molecular weight excluding hydrogens is 438 g/mol. The lowest BCUT2D eigenvalue weighted by molar-refractivity contribution is -0.137. The van der Waals surface area contributed by atoms with Crippen molar-refractivity contribution in [2.24, 2.45) is 0 Å². The van der Waals surface area contributed by atoms with Gasteiger partial charge in [-0.25, -0.2) is 0 Å². The van der Waals surface area contributed by atoms with Crippen LogP contribution >= 0.6 is 0 Å². The third-order valence-corrected chi connectivity index (χ3v) is 6.61. The molecule has 2 aliphatic heterocycles. The molecule has 6 nitrogen and oxygen atoms in total. The van der Waals surface area contributed by atoms with Crippen molar-refractivity contribution in [3.8, 4) is 5.75 Å². The van der Waals surface area contributed by atoms with Crippen LogP contribution in [0.3, 0.4) is 0 Å². The molecular formula is C29H29N3O3. The molecule has 1 N–H and O–H groups in total. The van der Waals surface area contributed by atoms with Crippen molar-refractivity contribution in [3.63, 3.8) is 0 Å². The molecule has 0 bridgehead atoms. The van der Waals surface area contributed by atoms with E-state index in [4.69, 9.17) is 4.74 Å². The molecule has 2 aliphatic rings. The summed E-state index contributed by atoms with van der Waals surface area (Å²) in [6.07, 6.45) is 2.42. The number of hydrogen-bond donors (Lipinski definition) is 1. The van der Waals surface area contributed by atoms with Gasteiger partial charge in [-0.1, -0.05) is 48.0 Å². The summed E-state index contributed by atoms with van der Waals surface area (Å²) < 4.78 is 5.53. The van der Waals surface area contributed by atoms with Gasteiger partial charge in [-0.3, -0.25) is 14.5 Å². The number of nitrogens with zero attached hydrogens (tertiary/aromatic N) is 2. The molecule has 5 rings (SSSR count). The van der Waals surface area contributed by atoms with Gasteiger partial charge >= 0.3 is 0 Å². The number of carbonyl (C=O) groups excluding carboxylic acids is 2. The van der Waals surface area contributed by atoms with Crippen LogP contribution in [0.15, 0.2) is 78.5 Å². The van der Waals surface area contributed by atoms with Crippen molar-refractivity contribution in [1.82, 2.24) is 4.90 Å². The highest BCUT2D eigenvalue weighted by molar-refractivity contribution is 6.36. The fourth-order valence-corrected chi connectivity index (χ4v) is 4.69. The number of hydrogen-bond acceptors (Lipinski definition) is 5. The molecule has 6 heteroatoms. The van der Waals surface area contributed by atoms with Crippen LogP contribution in [0.25, 0.3) is 5.57 Å². The smallest absolute Gasteiger partial charge is 0.278 e. The topological polar surface area (TPSA) is 61.9 Å². The first-order valence-corrected chi connectivity index (χ1v) is 12.0. The number of anilines is 2. The van der Waals surface area contributed by atoms with Crippen LogP contribution in [0.1, 0.15) is 29.5 Å². The van der Waals surface area contributed by atoms with Gasteiger partial charge in [-0.05, 0) is 55.7 Å². The lowest BCUT2D eigenvalue weighted by atomic mass is 10.0. The lowest BCUT2D eigenvalue weighted by Gasteiger charge is -2.18. The Morgan fingerprint density at radius 2 is 1.54 bits per heavy atom. The Kier molecular flexibility index (Phi) is 6.27. The second-order valence-electron chi connectivity index (χ2n) is 9.00. The number of imide groups is 1. The maximum Gasteiger partial charge on any atom is 0.278 e. The van der Waals surface area contributed by atoms with E-state index in [1.54, 1.807) is 13.2 Å². The van der Waals surface area contributed by atoms with Gasteiger partial charge in [0.1, 0.15) is 11.4 Å². The van der Waals surface area contributed by atoms with Gasteiger partial charge in [0.15, 0.2) is 0 Å². The molecule has 0 atom stereocenters. The molecule has 3 aromatic carbocycles. The second kappa shape index (κ2) is 9.66. The van der Waals surface area contributed by atoms with E-state index in [0.717, 1.165) is 29.9 Å². The van der Waals surface area contributed by atoms with Crippen LogP contribution in [0, 0.1) is 6.92 Å². The highest BCUT2D eigenvalue weighted by atomic mass is 16.5. The van der Waals surface area contributed by atoms with Gasteiger partial charge in [0.25, 0.3) is 11.8 Å². The van der Waals surface area contributed by atoms with Gasteiger partial charge < -0.3 is 15.0 Å². The Morgan fingerprint density at radius 3 is 2.23 bits per heavy atom. The zero-order valence-electron chi connectivity index (χ0n) is 20.1. The first-order valence-electron chi connectivity index (χ1n) is 12.0. The largest absolute Gasteiger partial charge is 0.496 e. The van der Waals surface area contributed by atoms with E-state index in [9.17, 15) is 9.59 Å². The molecule has 1 saturated heterocycles. The van der Waals surface area contributed by atoms with E-state index < -0.39 is 0 Å². The molecule has 2 heterocycles. The van der Waals surface area contributed by atoms with Crippen molar-refractivity contribution in [2.75, 3.05) is 30.4 Å². The van der Waals surface area contributed by atoms with Gasteiger partial charge in [0, 0.05) is 30.0 Å². The first-order chi connectivity index (χ1) is 17.0. The summed E-state index contributed by atoms with van der Waals surface area (Å²) in [6, 6.07) is 23.2. The summed E-state index contributed by atoms with van der Waals surface area (Å²) in [4.78, 5) is 30.9. The van der Waals surface area contributed by atoms with E-state index in [0.29, 0.717) is 16.9 Å². The molecule has 35 heavy (non-hydrogen) atoms. The Bertz CT molecular complexity index is 1270. The number of carbonyl (C=O) groups is 2. The van der Waals surface area contributed by atoms with Crippen molar-refractivity contribution in [1.29, 1.82) is 0 Å². The summed E-state index contributed by atoms with van der Waals surface area (Å²) in [7, 11) is 1.56. The maximum atomic E-state index is 13.6. The number of methoxy groups -OCH3 is 1. The van der Waals surface area contributed by atoms with Crippen molar-refractivity contribution in [3.05, 3.63) is 95.2 Å². The van der Waals surface area contributed by atoms with E-state index in [1.807, 2.05) is 61.5 Å². The standard InChI is InChI=1S/C29H29N3O3/c1-20-9-11-21(12-10-20)19-32-28(33)26(24-7-3-4-8-25(24)35-2)27(29(32)34)30-22-13-15-23(16-14-22)31-17-5-6-18-31/h3-4,7-16,30H,5-6,17-19H2,1-2H3. The maximum absolute atomic E-state index is 13.6. The monoisotopic (exact) mass is 467 g/mol. The molecule has 0 spiro atoms. The summed E-state index contributed by atoms with van der Waals surface area (Å²) in [5, 5.41) is 3.26. The van der Waals surface area contributed by atoms with E-state index in [1.165, 1.54) is 23.4 Å². The van der Waals surface area contributed by atoms with Crippen LogP contribution in [0.4, 0.5) is 11.4 Å². The number of nitrogens with one attached hydrogen (secondary N) is 1. The summed E-state index contributed by atoms with van der Waals surface area (Å²) >= 11 is 0. The number of para-hydroxylation sites is 1. The van der Waals surface area contributed by atoms with E-state index >= 15 is 0 Å². The van der Waals surface area contributed by atoms with Crippen molar-refractivity contribution in [2.45, 2.75) is 26.3 Å². The predicted octanol–water partition coefficient (Wildman–Crippen LogP) is 5.00. The highest BCUT2D eigenvalue weighted by Gasteiger charge is 2.40. The van der Waals surface area contributed by atoms with Gasteiger partial charge in [0.2, 0.25) is 0 Å². The average Bonchev–Trinajstić information content (AvgIpc) is 3.50. The normalized spacial score (nSPS) is 15.8. The quantitative estimate of drug-likeness (QED) is 0.496. The third-order valence-electron chi connectivity index (χ3n) is 6.61. The predicted molar refractivity (Wildman–Crippen MR) is 138 cm³/mol. The van der Waals surface area contributed by atoms with Crippen LogP contribution < -0.4 is 15.0 Å². The molecule has 2 amide bonds. The Labute approximate surface area is 205 Å². The second-order valence-corrected chi connectivity index (χ2v) is 9.00. The molecule has 1 fully saturated rings. The molecule has 178 valence electrons. The fourth-order valence-electron chi connectivity index (χ4n) is 4.69. The third kappa shape index (κ3) is 4.52. The van der Waals surface area contributed by atoms with Gasteiger partial charge in [0.05, 0.1) is 19.2 Å². The number of ether oxygens (including phenoxy) is 1. The fraction of sp³-hybridized carbons (Fsp3) is 0.241. The lowest BCUT2D eigenvalue weighted by Crippen LogP contribution is -2.32. The number of amides is 2. The van der Waals surface area contributed by atoms with E-state index in [-0.39, 0.29) is 24.1 Å². The Hall–Kier alpha value is -4.06. The minimum atomic E-state index is -0.347. The average molecular weight is 468 g/mol. The van der Waals surface area contributed by atoms with Crippen LogP contribution in [0.5, 0.6) is 5.75 Å². The number of rotatable bonds is 7.